The van der Waals surface area contributed by atoms with Crippen molar-refractivity contribution >= 4 is 28.6 Å². The molecule has 1 saturated heterocycles. The van der Waals surface area contributed by atoms with Crippen LogP contribution in [0.3, 0.4) is 0 Å². The Morgan fingerprint density at radius 2 is 1.69 bits per heavy atom. The quantitative estimate of drug-likeness (QED) is 0.762. The minimum absolute atomic E-state index is 0.165. The van der Waals surface area contributed by atoms with Crippen LogP contribution in [0.5, 0.6) is 0 Å². The fourth-order valence-corrected chi connectivity index (χ4v) is 3.69. The Morgan fingerprint density at radius 1 is 1.00 bits per heavy atom. The maximum absolute atomic E-state index is 12.5. The van der Waals surface area contributed by atoms with Gasteiger partial charge in [-0.3, -0.25) is 14.4 Å². The third kappa shape index (κ3) is 5.79. The van der Waals surface area contributed by atoms with Crippen molar-refractivity contribution in [2.75, 3.05) is 19.6 Å². The molecule has 6 nitrogen and oxygen atoms in total. The standard InChI is InChI=1S/C23H28N2O4/c1-17(23(28)25-13-6-2-3-7-14-25)29-22(27)16-24-21(26)15-19-11-8-10-18-9-4-5-12-20(18)19/h4-5,8-12,17H,2-3,6-7,13-16H2,1H3,(H,24,26)/t17-/m1/s1. The van der Waals surface area contributed by atoms with Crippen LogP contribution in [0.25, 0.3) is 10.8 Å². The van der Waals surface area contributed by atoms with Gasteiger partial charge in [0.2, 0.25) is 5.91 Å². The minimum atomic E-state index is -0.837. The van der Waals surface area contributed by atoms with Crippen LogP contribution in [0, 0.1) is 0 Å². The molecule has 1 aliphatic heterocycles. The number of benzene rings is 2. The van der Waals surface area contributed by atoms with E-state index in [0.717, 1.165) is 42.0 Å². The van der Waals surface area contributed by atoms with Gasteiger partial charge in [-0.05, 0) is 36.1 Å². The van der Waals surface area contributed by atoms with Crippen molar-refractivity contribution in [3.05, 3.63) is 48.0 Å². The van der Waals surface area contributed by atoms with Crippen LogP contribution in [-0.2, 0) is 25.5 Å². The molecule has 2 aromatic carbocycles. The van der Waals surface area contributed by atoms with Crippen molar-refractivity contribution in [3.63, 3.8) is 0 Å². The maximum Gasteiger partial charge on any atom is 0.326 e. The Morgan fingerprint density at radius 3 is 2.45 bits per heavy atom. The summed E-state index contributed by atoms with van der Waals surface area (Å²) in [6.07, 6.45) is 3.56. The molecule has 0 radical (unpaired) electrons. The number of esters is 1. The first-order valence-electron chi connectivity index (χ1n) is 10.3. The van der Waals surface area contributed by atoms with Crippen molar-refractivity contribution in [2.24, 2.45) is 0 Å². The Kier molecular flexibility index (Phi) is 7.22. The van der Waals surface area contributed by atoms with Crippen molar-refractivity contribution < 1.29 is 19.1 Å². The number of hydrogen-bond donors (Lipinski definition) is 1. The Balaban J connectivity index is 1.47. The number of carbonyl (C=O) groups excluding carboxylic acids is 3. The predicted octanol–water partition coefficient (Wildman–Crippen LogP) is 2.83. The second-order valence-electron chi connectivity index (χ2n) is 7.46. The number of amides is 2. The van der Waals surface area contributed by atoms with Gasteiger partial charge in [0.15, 0.2) is 6.10 Å². The highest BCUT2D eigenvalue weighted by Gasteiger charge is 2.24. The molecule has 154 valence electrons. The molecule has 1 atom stereocenters. The van der Waals surface area contributed by atoms with Gasteiger partial charge < -0.3 is 15.0 Å². The van der Waals surface area contributed by atoms with Gasteiger partial charge in [0, 0.05) is 13.1 Å². The molecule has 1 fully saturated rings. The van der Waals surface area contributed by atoms with Gasteiger partial charge in [0.05, 0.1) is 6.42 Å². The zero-order valence-corrected chi connectivity index (χ0v) is 16.9. The number of nitrogens with one attached hydrogen (secondary N) is 1. The summed E-state index contributed by atoms with van der Waals surface area (Å²) in [6, 6.07) is 13.7. The summed E-state index contributed by atoms with van der Waals surface area (Å²) >= 11 is 0. The molecular formula is C23H28N2O4. The number of nitrogens with zero attached hydrogens (tertiary/aromatic N) is 1. The highest BCUT2D eigenvalue weighted by Crippen LogP contribution is 2.18. The molecule has 6 heteroatoms. The van der Waals surface area contributed by atoms with Crippen LogP contribution in [0.15, 0.2) is 42.5 Å². The molecule has 0 bridgehead atoms. The molecule has 0 unspecified atom stereocenters. The van der Waals surface area contributed by atoms with Gasteiger partial charge in [-0.1, -0.05) is 55.3 Å². The molecule has 1 N–H and O–H groups in total. The number of ether oxygens (including phenoxy) is 1. The summed E-state index contributed by atoms with van der Waals surface area (Å²) in [5.41, 5.74) is 0.902. The molecule has 1 aliphatic rings. The molecule has 2 aromatic rings. The first-order valence-corrected chi connectivity index (χ1v) is 10.3. The highest BCUT2D eigenvalue weighted by molar-refractivity contribution is 5.91. The van der Waals surface area contributed by atoms with E-state index in [0.29, 0.717) is 13.1 Å². The minimum Gasteiger partial charge on any atom is -0.451 e. The lowest BCUT2D eigenvalue weighted by atomic mass is 10.0. The molecule has 0 aliphatic carbocycles. The van der Waals surface area contributed by atoms with Gasteiger partial charge in [-0.25, -0.2) is 0 Å². The highest BCUT2D eigenvalue weighted by atomic mass is 16.5. The molecule has 29 heavy (non-hydrogen) atoms. The van der Waals surface area contributed by atoms with Crippen molar-refractivity contribution in [3.8, 4) is 0 Å². The van der Waals surface area contributed by atoms with Gasteiger partial charge >= 0.3 is 5.97 Å². The first-order chi connectivity index (χ1) is 14.0. The number of hydrogen-bond acceptors (Lipinski definition) is 4. The van der Waals surface area contributed by atoms with Gasteiger partial charge in [-0.15, -0.1) is 0 Å². The van der Waals surface area contributed by atoms with E-state index in [-0.39, 0.29) is 24.8 Å². The predicted molar refractivity (Wildman–Crippen MR) is 111 cm³/mol. The zero-order chi connectivity index (χ0) is 20.6. The van der Waals surface area contributed by atoms with Crippen LogP contribution >= 0.6 is 0 Å². The third-order valence-corrected chi connectivity index (χ3v) is 5.23. The topological polar surface area (TPSA) is 75.7 Å². The van der Waals surface area contributed by atoms with Gasteiger partial charge in [0.1, 0.15) is 6.54 Å². The van der Waals surface area contributed by atoms with E-state index in [1.807, 2.05) is 42.5 Å². The molecule has 0 spiro atoms. The van der Waals surface area contributed by atoms with E-state index >= 15 is 0 Å². The Bertz CT molecular complexity index is 867. The normalized spacial score (nSPS) is 15.4. The monoisotopic (exact) mass is 396 g/mol. The lowest BCUT2D eigenvalue weighted by Gasteiger charge is -2.24. The summed E-state index contributed by atoms with van der Waals surface area (Å²) in [5.74, 6) is -1.03. The fraction of sp³-hybridized carbons (Fsp3) is 0.435. The molecule has 3 rings (SSSR count). The maximum atomic E-state index is 12.5. The molecular weight excluding hydrogens is 368 g/mol. The lowest BCUT2D eigenvalue weighted by Crippen LogP contribution is -2.42. The van der Waals surface area contributed by atoms with E-state index in [4.69, 9.17) is 4.74 Å². The second kappa shape index (κ2) is 10.0. The Labute approximate surface area is 171 Å². The van der Waals surface area contributed by atoms with Crippen LogP contribution < -0.4 is 5.32 Å². The fourth-order valence-electron chi connectivity index (χ4n) is 3.69. The summed E-state index contributed by atoms with van der Waals surface area (Å²) in [5, 5.41) is 4.68. The van der Waals surface area contributed by atoms with Crippen LogP contribution in [0.1, 0.15) is 38.2 Å². The summed E-state index contributed by atoms with van der Waals surface area (Å²) in [7, 11) is 0. The van der Waals surface area contributed by atoms with Crippen LogP contribution in [0.4, 0.5) is 0 Å². The summed E-state index contributed by atoms with van der Waals surface area (Å²) < 4.78 is 5.23. The van der Waals surface area contributed by atoms with E-state index in [9.17, 15) is 14.4 Å². The van der Waals surface area contributed by atoms with Gasteiger partial charge in [-0.2, -0.15) is 0 Å². The first kappa shape index (κ1) is 20.8. The molecule has 0 saturated carbocycles. The number of rotatable bonds is 6. The molecule has 1 heterocycles. The SMILES string of the molecule is C[C@@H](OC(=O)CNC(=O)Cc1cccc2ccccc12)C(=O)N1CCCCCC1. The van der Waals surface area contributed by atoms with E-state index in [1.165, 1.54) is 0 Å². The largest absolute Gasteiger partial charge is 0.451 e. The third-order valence-electron chi connectivity index (χ3n) is 5.23. The second-order valence-corrected chi connectivity index (χ2v) is 7.46. The molecule has 0 aromatic heterocycles. The van der Waals surface area contributed by atoms with Gasteiger partial charge in [0.25, 0.3) is 5.91 Å². The average molecular weight is 396 g/mol. The summed E-state index contributed by atoms with van der Waals surface area (Å²) in [4.78, 5) is 38.6. The summed E-state index contributed by atoms with van der Waals surface area (Å²) in [6.45, 7) is 2.76. The van der Waals surface area contributed by atoms with E-state index < -0.39 is 12.1 Å². The zero-order valence-electron chi connectivity index (χ0n) is 16.9. The number of fused-ring (bicyclic) bond motifs is 1. The number of carbonyl (C=O) groups is 3. The van der Waals surface area contributed by atoms with Crippen LogP contribution in [0.2, 0.25) is 0 Å². The molecule has 2 amide bonds. The van der Waals surface area contributed by atoms with Crippen LogP contribution in [-0.4, -0.2) is 48.4 Å². The average Bonchev–Trinajstić information content (AvgIpc) is 3.01. The number of likely N-dealkylation sites (tertiary alicyclic amines) is 1. The van der Waals surface area contributed by atoms with Crippen molar-refractivity contribution in [1.29, 1.82) is 0 Å². The van der Waals surface area contributed by atoms with E-state index in [2.05, 4.69) is 5.32 Å². The Hall–Kier alpha value is -2.89. The van der Waals surface area contributed by atoms with E-state index in [1.54, 1.807) is 11.8 Å². The van der Waals surface area contributed by atoms with Crippen molar-refractivity contribution in [1.82, 2.24) is 10.2 Å². The smallest absolute Gasteiger partial charge is 0.326 e. The van der Waals surface area contributed by atoms with Crippen molar-refractivity contribution in [2.45, 2.75) is 45.1 Å². The lowest BCUT2D eigenvalue weighted by molar-refractivity contribution is -0.158.